The molecule has 0 saturated carbocycles. The van der Waals surface area contributed by atoms with E-state index in [1.54, 1.807) is 13.2 Å². The van der Waals surface area contributed by atoms with E-state index in [1.807, 2.05) is 36.4 Å². The van der Waals surface area contributed by atoms with Gasteiger partial charge in [0.25, 0.3) is 5.56 Å². The van der Waals surface area contributed by atoms with Crippen LogP contribution in [0, 0.1) is 0 Å². The van der Waals surface area contributed by atoms with Crippen molar-refractivity contribution in [2.24, 2.45) is 7.05 Å². The summed E-state index contributed by atoms with van der Waals surface area (Å²) < 4.78 is 2.70. The maximum atomic E-state index is 12.2. The number of aryl methyl sites for hydroxylation is 1. The Balaban J connectivity index is 2.39. The predicted octanol–water partition coefficient (Wildman–Crippen LogP) is 1.12. The van der Waals surface area contributed by atoms with Crippen LogP contribution in [0.3, 0.4) is 0 Å². The average Bonchev–Trinajstić information content (AvgIpc) is 2.76. The van der Waals surface area contributed by atoms with Crippen LogP contribution in [0.5, 0.6) is 0 Å². The van der Waals surface area contributed by atoms with Crippen LogP contribution in [0.15, 0.2) is 47.4 Å². The SMILES string of the molecule is Cn1ncc2cc(-c3ccccc3)n(N)c(=O)c21. The fourth-order valence-corrected chi connectivity index (χ4v) is 2.09. The quantitative estimate of drug-likeness (QED) is 0.648. The molecule has 3 aromatic rings. The molecule has 5 nitrogen and oxygen atoms in total. The van der Waals surface area contributed by atoms with E-state index in [1.165, 1.54) is 9.36 Å². The number of pyridine rings is 1. The Bertz CT molecular complexity index is 771. The predicted molar refractivity (Wildman–Crippen MR) is 70.6 cm³/mol. The monoisotopic (exact) mass is 240 g/mol. The van der Waals surface area contributed by atoms with Gasteiger partial charge in [0, 0.05) is 18.0 Å². The number of benzene rings is 1. The largest absolute Gasteiger partial charge is 0.336 e. The molecule has 5 heteroatoms. The molecule has 0 fully saturated rings. The van der Waals surface area contributed by atoms with Crippen LogP contribution in [-0.2, 0) is 7.05 Å². The first-order chi connectivity index (χ1) is 8.68. The normalized spacial score (nSPS) is 10.9. The third-order valence-corrected chi connectivity index (χ3v) is 3.01. The lowest BCUT2D eigenvalue weighted by molar-refractivity contribution is 0.786. The van der Waals surface area contributed by atoms with Gasteiger partial charge in [0.2, 0.25) is 0 Å². The molecule has 90 valence electrons. The van der Waals surface area contributed by atoms with Crippen LogP contribution < -0.4 is 11.4 Å². The molecule has 0 unspecified atom stereocenters. The van der Waals surface area contributed by atoms with Crippen LogP contribution in [0.1, 0.15) is 0 Å². The lowest BCUT2D eigenvalue weighted by Crippen LogP contribution is -2.29. The summed E-state index contributed by atoms with van der Waals surface area (Å²) >= 11 is 0. The van der Waals surface area contributed by atoms with Gasteiger partial charge in [-0.25, -0.2) is 4.68 Å². The van der Waals surface area contributed by atoms with E-state index in [0.717, 1.165) is 10.9 Å². The summed E-state index contributed by atoms with van der Waals surface area (Å²) in [6.45, 7) is 0. The fourth-order valence-electron chi connectivity index (χ4n) is 2.09. The van der Waals surface area contributed by atoms with Gasteiger partial charge in [-0.1, -0.05) is 30.3 Å². The van der Waals surface area contributed by atoms with Crippen LogP contribution >= 0.6 is 0 Å². The molecule has 0 bridgehead atoms. The summed E-state index contributed by atoms with van der Waals surface area (Å²) in [6, 6.07) is 11.4. The number of nitrogens with two attached hydrogens (primary N) is 1. The second kappa shape index (κ2) is 3.73. The molecule has 18 heavy (non-hydrogen) atoms. The summed E-state index contributed by atoms with van der Waals surface area (Å²) in [5, 5.41) is 4.87. The summed E-state index contributed by atoms with van der Waals surface area (Å²) in [6.07, 6.45) is 1.67. The summed E-state index contributed by atoms with van der Waals surface area (Å²) in [5.41, 5.74) is 1.85. The molecule has 2 aromatic heterocycles. The van der Waals surface area contributed by atoms with Crippen molar-refractivity contribution < 1.29 is 0 Å². The van der Waals surface area contributed by atoms with E-state index in [4.69, 9.17) is 5.84 Å². The Hall–Kier alpha value is -2.56. The van der Waals surface area contributed by atoms with Gasteiger partial charge in [0.1, 0.15) is 5.52 Å². The van der Waals surface area contributed by atoms with Gasteiger partial charge in [-0.05, 0) is 6.07 Å². The number of nitrogen functional groups attached to an aromatic ring is 1. The van der Waals surface area contributed by atoms with Crippen molar-refractivity contribution in [3.05, 3.63) is 52.9 Å². The van der Waals surface area contributed by atoms with Gasteiger partial charge in [-0.15, -0.1) is 0 Å². The highest BCUT2D eigenvalue weighted by Gasteiger charge is 2.11. The number of rotatable bonds is 1. The molecule has 3 rings (SSSR count). The van der Waals surface area contributed by atoms with Gasteiger partial charge in [-0.2, -0.15) is 5.10 Å². The molecule has 0 aliphatic carbocycles. The minimum absolute atomic E-state index is 0.244. The first-order valence-electron chi connectivity index (χ1n) is 5.57. The molecule has 1 aromatic carbocycles. The van der Waals surface area contributed by atoms with Crippen molar-refractivity contribution in [2.75, 3.05) is 5.84 Å². The van der Waals surface area contributed by atoms with Crippen LogP contribution in [0.2, 0.25) is 0 Å². The van der Waals surface area contributed by atoms with Gasteiger partial charge in [-0.3, -0.25) is 9.48 Å². The van der Waals surface area contributed by atoms with Crippen LogP contribution in [0.25, 0.3) is 22.2 Å². The third-order valence-electron chi connectivity index (χ3n) is 3.01. The minimum Gasteiger partial charge on any atom is -0.336 e. The first-order valence-corrected chi connectivity index (χ1v) is 5.57. The molecule has 0 radical (unpaired) electrons. The molecule has 0 aliphatic heterocycles. The van der Waals surface area contributed by atoms with E-state index in [0.29, 0.717) is 11.2 Å². The summed E-state index contributed by atoms with van der Waals surface area (Å²) in [7, 11) is 1.73. The molecule has 0 amide bonds. The van der Waals surface area contributed by atoms with Crippen molar-refractivity contribution in [2.45, 2.75) is 0 Å². The highest BCUT2D eigenvalue weighted by atomic mass is 16.1. The standard InChI is InChI=1S/C13H12N4O/c1-16-12-10(8-15-16)7-11(17(14)13(12)18)9-5-3-2-4-6-9/h2-8H,14H2,1H3. The average molecular weight is 240 g/mol. The number of hydrogen-bond acceptors (Lipinski definition) is 3. The lowest BCUT2D eigenvalue weighted by atomic mass is 10.1. The molecule has 0 spiro atoms. The van der Waals surface area contributed by atoms with Crippen LogP contribution in [0.4, 0.5) is 0 Å². The van der Waals surface area contributed by atoms with Gasteiger partial charge in [0.05, 0.1) is 11.9 Å². The minimum atomic E-state index is -0.244. The van der Waals surface area contributed by atoms with Gasteiger partial charge in [0.15, 0.2) is 0 Å². The van der Waals surface area contributed by atoms with E-state index in [2.05, 4.69) is 5.10 Å². The molecule has 0 aliphatic rings. The highest BCUT2D eigenvalue weighted by Crippen LogP contribution is 2.20. The molecular formula is C13H12N4O. The Morgan fingerprint density at radius 3 is 2.67 bits per heavy atom. The van der Waals surface area contributed by atoms with Crippen molar-refractivity contribution in [1.29, 1.82) is 0 Å². The zero-order chi connectivity index (χ0) is 12.7. The molecule has 0 saturated heterocycles. The molecule has 2 heterocycles. The van der Waals surface area contributed by atoms with Crippen molar-refractivity contribution in [1.82, 2.24) is 14.5 Å². The number of aromatic nitrogens is 3. The maximum Gasteiger partial charge on any atom is 0.295 e. The zero-order valence-electron chi connectivity index (χ0n) is 9.87. The Labute approximate surface area is 103 Å². The maximum absolute atomic E-state index is 12.2. The Kier molecular flexibility index (Phi) is 2.19. The fraction of sp³-hybridized carbons (Fsp3) is 0.0769. The van der Waals surface area contributed by atoms with Gasteiger partial charge >= 0.3 is 0 Å². The van der Waals surface area contributed by atoms with Crippen molar-refractivity contribution in [3.8, 4) is 11.3 Å². The van der Waals surface area contributed by atoms with E-state index in [9.17, 15) is 4.79 Å². The third kappa shape index (κ3) is 1.41. The van der Waals surface area contributed by atoms with Crippen LogP contribution in [-0.4, -0.2) is 14.5 Å². The molecule has 2 N–H and O–H groups in total. The highest BCUT2D eigenvalue weighted by molar-refractivity contribution is 5.82. The van der Waals surface area contributed by atoms with Crippen molar-refractivity contribution in [3.63, 3.8) is 0 Å². The van der Waals surface area contributed by atoms with E-state index in [-0.39, 0.29) is 5.56 Å². The molecule has 0 atom stereocenters. The van der Waals surface area contributed by atoms with E-state index >= 15 is 0 Å². The number of fused-ring (bicyclic) bond motifs is 1. The number of nitrogens with zero attached hydrogens (tertiary/aromatic N) is 3. The second-order valence-corrected chi connectivity index (χ2v) is 4.14. The Morgan fingerprint density at radius 2 is 1.94 bits per heavy atom. The lowest BCUT2D eigenvalue weighted by Gasteiger charge is -2.08. The Morgan fingerprint density at radius 1 is 1.22 bits per heavy atom. The smallest absolute Gasteiger partial charge is 0.295 e. The topological polar surface area (TPSA) is 65.8 Å². The first kappa shape index (κ1) is 10.6. The summed E-state index contributed by atoms with van der Waals surface area (Å²) in [5.74, 6) is 5.87. The van der Waals surface area contributed by atoms with Crippen molar-refractivity contribution >= 4 is 10.9 Å². The molecular weight excluding hydrogens is 228 g/mol. The van der Waals surface area contributed by atoms with E-state index < -0.39 is 0 Å². The van der Waals surface area contributed by atoms with Gasteiger partial charge < -0.3 is 5.84 Å². The second-order valence-electron chi connectivity index (χ2n) is 4.14. The number of hydrogen-bond donors (Lipinski definition) is 1. The zero-order valence-corrected chi connectivity index (χ0v) is 9.87. The summed E-state index contributed by atoms with van der Waals surface area (Å²) in [4.78, 5) is 12.2.